The molecular weight excluding hydrogens is 483 g/mol. The van der Waals surface area contributed by atoms with E-state index in [-0.39, 0.29) is 16.3 Å². The lowest BCUT2D eigenvalue weighted by molar-refractivity contribution is -0.139. The number of hydrogen-bond acceptors (Lipinski definition) is 7. The van der Waals surface area contributed by atoms with Gasteiger partial charge in [0.15, 0.2) is 0 Å². The molecule has 0 radical (unpaired) electrons. The van der Waals surface area contributed by atoms with Crippen LogP contribution in [-0.2, 0) is 25.1 Å². The van der Waals surface area contributed by atoms with Crippen LogP contribution in [0, 0.1) is 0 Å². The first kappa shape index (κ1) is 34.3. The highest BCUT2D eigenvalue weighted by atomic mass is 31.2. The van der Waals surface area contributed by atoms with Gasteiger partial charge in [0.25, 0.3) is 0 Å². The Bertz CT molecular complexity index is 701. The molecule has 0 aromatic carbocycles. The lowest BCUT2D eigenvalue weighted by Gasteiger charge is -2.13. The Morgan fingerprint density at radius 1 is 1.10 bits per heavy atom. The maximum absolute atomic E-state index is 10.7. The van der Waals surface area contributed by atoms with E-state index in [1.807, 2.05) is 0 Å². The molecule has 0 aliphatic rings. The summed E-state index contributed by atoms with van der Waals surface area (Å²) in [6.45, 7) is 0.604. The lowest BCUT2D eigenvalue weighted by Crippen LogP contribution is -2.36. The Hall–Kier alpha value is -1.28. The standard InChI is InChI=1S/C6H10N3O5P.C6H14N2O2.H3O4P.H3P/c10-6(11)5(9-15(12,13)14)1-4-2-7-3-8-4;7-4-2-1-3-5(8)6(9)10;1-5(2,3)4;/h2-3,5H,1H2,(H,7,8)(H,10,11)(H3,9,12,13,14);5H,1-4,7-8H2,(H,9,10);(H3,1,2,3,4);1H3. The summed E-state index contributed by atoms with van der Waals surface area (Å²) in [5.41, 5.74) is 10.8. The fourth-order valence-corrected chi connectivity index (χ4v) is 2.24. The van der Waals surface area contributed by atoms with Gasteiger partial charge in [-0.1, -0.05) is 6.42 Å². The average Bonchev–Trinajstić information content (AvgIpc) is 3.05. The molecule has 0 spiro atoms. The van der Waals surface area contributed by atoms with E-state index in [0.717, 1.165) is 12.8 Å². The number of phosphoric acid groups is 1. The first-order valence-electron chi connectivity index (χ1n) is 8.07. The van der Waals surface area contributed by atoms with Crippen molar-refractivity contribution < 1.29 is 53.4 Å². The first-order valence-corrected chi connectivity index (χ1v) is 11.2. The first-order chi connectivity index (χ1) is 13.6. The molecule has 0 aliphatic heterocycles. The average molecular weight is 513 g/mol. The third-order valence-corrected chi connectivity index (χ3v) is 3.52. The second-order valence-corrected chi connectivity index (χ2v) is 7.94. The maximum Gasteiger partial charge on any atom is 0.466 e. The number of aliphatic carboxylic acids is 2. The predicted octanol–water partition coefficient (Wildman–Crippen LogP) is -2.26. The highest BCUT2D eigenvalue weighted by molar-refractivity contribution is 7.49. The van der Waals surface area contributed by atoms with Gasteiger partial charge in [-0.05, 0) is 19.4 Å². The summed E-state index contributed by atoms with van der Waals surface area (Å²) in [5.74, 6) is -2.28. The minimum atomic E-state index is -4.64. The van der Waals surface area contributed by atoms with Crippen LogP contribution in [0.4, 0.5) is 0 Å². The van der Waals surface area contributed by atoms with Gasteiger partial charge >= 0.3 is 27.5 Å². The van der Waals surface area contributed by atoms with Crippen molar-refractivity contribution in [1.29, 1.82) is 0 Å². The summed E-state index contributed by atoms with van der Waals surface area (Å²) in [6.07, 6.45) is 4.87. The highest BCUT2D eigenvalue weighted by Crippen LogP contribution is 2.29. The van der Waals surface area contributed by atoms with Crippen LogP contribution in [0.25, 0.3) is 0 Å². The van der Waals surface area contributed by atoms with Gasteiger partial charge in [0, 0.05) is 12.6 Å². The topological polar surface area (TPSA) is 303 Å². The number of aromatic amines is 1. The summed E-state index contributed by atoms with van der Waals surface area (Å²) in [7, 11) is -9.20. The molecule has 0 saturated heterocycles. The number of carboxylic acid groups (broad SMARTS) is 2. The molecule has 16 nitrogen and oxygen atoms in total. The van der Waals surface area contributed by atoms with Crippen LogP contribution in [0.5, 0.6) is 0 Å². The number of aromatic nitrogens is 2. The molecule has 0 aliphatic carbocycles. The Kier molecular flexibility index (Phi) is 19.2. The number of H-pyrrole nitrogens is 1. The quantitative estimate of drug-likeness (QED) is 0.116. The van der Waals surface area contributed by atoms with Crippen molar-refractivity contribution in [2.75, 3.05) is 6.54 Å². The molecule has 1 heterocycles. The molecule has 13 N–H and O–H groups in total. The monoisotopic (exact) mass is 513 g/mol. The second kappa shape index (κ2) is 17.3. The molecule has 3 atom stereocenters. The van der Waals surface area contributed by atoms with E-state index in [1.54, 1.807) is 5.09 Å². The number of nitrogens with one attached hydrogen (secondary N) is 2. The zero-order valence-electron chi connectivity index (χ0n) is 16.3. The molecule has 1 rings (SSSR count). The lowest BCUT2D eigenvalue weighted by atomic mass is 10.1. The molecule has 1 aromatic rings. The SMILES string of the molecule is NCCCCC(N)C(=O)O.O=C(O)C(Cc1c[nH]cn1)NP(=O)(O)O.O=P(O)(O)O.P. The Labute approximate surface area is 180 Å². The molecule has 184 valence electrons. The van der Waals surface area contributed by atoms with Crippen LogP contribution in [0.2, 0.25) is 0 Å². The van der Waals surface area contributed by atoms with Crippen molar-refractivity contribution in [2.24, 2.45) is 11.5 Å². The van der Waals surface area contributed by atoms with Crippen LogP contribution < -0.4 is 16.6 Å². The van der Waals surface area contributed by atoms with Crippen LogP contribution in [-0.4, -0.2) is 75.2 Å². The molecule has 0 bridgehead atoms. The van der Waals surface area contributed by atoms with Gasteiger partial charge in [-0.3, -0.25) is 9.59 Å². The van der Waals surface area contributed by atoms with Crippen LogP contribution in [0.1, 0.15) is 25.0 Å². The number of hydrogen-bond donors (Lipinski definition) is 11. The molecule has 19 heteroatoms. The van der Waals surface area contributed by atoms with E-state index in [4.69, 9.17) is 50.7 Å². The normalized spacial score (nSPS) is 12.7. The van der Waals surface area contributed by atoms with Gasteiger partial charge in [-0.25, -0.2) is 19.2 Å². The van der Waals surface area contributed by atoms with Crippen molar-refractivity contribution in [1.82, 2.24) is 15.1 Å². The Morgan fingerprint density at radius 2 is 1.61 bits per heavy atom. The number of carboxylic acids is 2. The third kappa shape index (κ3) is 26.7. The second-order valence-electron chi connectivity index (χ2n) is 5.57. The van der Waals surface area contributed by atoms with E-state index in [9.17, 15) is 14.2 Å². The fourth-order valence-electron chi connectivity index (χ4n) is 1.63. The summed E-state index contributed by atoms with van der Waals surface area (Å²) < 4.78 is 19.4. The van der Waals surface area contributed by atoms with Crippen LogP contribution in [0.15, 0.2) is 12.5 Å². The van der Waals surface area contributed by atoms with Crippen LogP contribution in [0.3, 0.4) is 0 Å². The molecular formula is C12H30N5O11P3. The van der Waals surface area contributed by atoms with Crippen molar-refractivity contribution >= 4 is 37.4 Å². The molecule has 0 fully saturated rings. The summed E-state index contributed by atoms with van der Waals surface area (Å²) >= 11 is 0. The Balaban J connectivity index is -0.000000426. The predicted molar refractivity (Wildman–Crippen MR) is 113 cm³/mol. The van der Waals surface area contributed by atoms with Gasteiger partial charge in [-0.2, -0.15) is 9.90 Å². The molecule has 3 unspecified atom stereocenters. The van der Waals surface area contributed by atoms with Gasteiger partial charge in [0.2, 0.25) is 0 Å². The van der Waals surface area contributed by atoms with Gasteiger partial charge in [0.05, 0.1) is 12.0 Å². The minimum Gasteiger partial charge on any atom is -0.480 e. The number of nitrogens with two attached hydrogens (primary N) is 2. The largest absolute Gasteiger partial charge is 0.480 e. The van der Waals surface area contributed by atoms with E-state index < -0.39 is 39.6 Å². The number of imidazole rings is 1. The van der Waals surface area contributed by atoms with Crippen molar-refractivity contribution in [3.05, 3.63) is 18.2 Å². The van der Waals surface area contributed by atoms with E-state index >= 15 is 0 Å². The van der Waals surface area contributed by atoms with Crippen molar-refractivity contribution in [2.45, 2.75) is 37.8 Å². The van der Waals surface area contributed by atoms with E-state index in [1.165, 1.54) is 12.5 Å². The van der Waals surface area contributed by atoms with E-state index in [2.05, 4.69) is 9.97 Å². The van der Waals surface area contributed by atoms with Crippen molar-refractivity contribution in [3.63, 3.8) is 0 Å². The minimum absolute atomic E-state index is 0. The molecule has 0 amide bonds. The van der Waals surface area contributed by atoms with Gasteiger partial charge in [0.1, 0.15) is 12.1 Å². The van der Waals surface area contributed by atoms with Crippen LogP contribution >= 0.6 is 25.5 Å². The number of rotatable bonds is 10. The molecule has 1 aromatic heterocycles. The Morgan fingerprint density at radius 3 is 1.94 bits per heavy atom. The number of unbranched alkanes of at least 4 members (excludes halogenated alkanes) is 1. The smallest absolute Gasteiger partial charge is 0.466 e. The number of nitrogens with zero attached hydrogens (tertiary/aromatic N) is 1. The molecule has 31 heavy (non-hydrogen) atoms. The maximum atomic E-state index is 10.7. The third-order valence-electron chi connectivity index (χ3n) is 2.88. The summed E-state index contributed by atoms with van der Waals surface area (Å²) in [6, 6.07) is -2.08. The number of carbonyl (C=O) groups is 2. The highest BCUT2D eigenvalue weighted by Gasteiger charge is 2.26. The zero-order chi connectivity index (χ0) is 24.0. The van der Waals surface area contributed by atoms with Gasteiger partial charge in [-0.15, -0.1) is 0 Å². The zero-order valence-corrected chi connectivity index (χ0v) is 19.5. The summed E-state index contributed by atoms with van der Waals surface area (Å²) in [5, 5.41) is 18.7. The van der Waals surface area contributed by atoms with Crippen molar-refractivity contribution in [3.8, 4) is 0 Å². The summed E-state index contributed by atoms with van der Waals surface area (Å²) in [4.78, 5) is 65.9. The molecule has 0 saturated carbocycles. The fraction of sp³-hybridized carbons (Fsp3) is 0.583. The van der Waals surface area contributed by atoms with E-state index in [0.29, 0.717) is 18.7 Å². The van der Waals surface area contributed by atoms with Gasteiger partial charge < -0.3 is 51.1 Å².